The molecule has 0 aliphatic carbocycles. The van der Waals surface area contributed by atoms with Gasteiger partial charge in [0.25, 0.3) is 0 Å². The molecule has 2 N–H and O–H groups in total. The zero-order valence-corrected chi connectivity index (χ0v) is 16.3. The summed E-state index contributed by atoms with van der Waals surface area (Å²) in [7, 11) is 0. The Hall–Kier alpha value is -1.98. The molecular weight excluding hydrogens is 382 g/mol. The van der Waals surface area contributed by atoms with Gasteiger partial charge in [-0.05, 0) is 44.4 Å². The third-order valence-corrected chi connectivity index (χ3v) is 5.96. The van der Waals surface area contributed by atoms with Crippen molar-refractivity contribution in [2.45, 2.75) is 44.4 Å². The van der Waals surface area contributed by atoms with Crippen LogP contribution in [0.15, 0.2) is 23.8 Å². The Balaban J connectivity index is 1.59. The Morgan fingerprint density at radius 3 is 3.11 bits per heavy atom. The van der Waals surface area contributed by atoms with E-state index in [4.69, 9.17) is 18.2 Å². The molecule has 3 aromatic rings. The van der Waals surface area contributed by atoms with Crippen LogP contribution >= 0.6 is 22.9 Å². The number of piperidine rings is 1. The molecule has 1 aliphatic heterocycles. The van der Waals surface area contributed by atoms with Crippen molar-refractivity contribution in [3.8, 4) is 11.3 Å². The molecule has 27 heavy (non-hydrogen) atoms. The average molecular weight is 402 g/mol. The average Bonchev–Trinajstić information content (AvgIpc) is 3.30. The Bertz CT molecular complexity index is 992. The summed E-state index contributed by atoms with van der Waals surface area (Å²) in [6, 6.07) is 3.91. The summed E-state index contributed by atoms with van der Waals surface area (Å²) < 4.78 is 2.12. The van der Waals surface area contributed by atoms with Crippen LogP contribution in [0.1, 0.15) is 25.7 Å². The first kappa shape index (κ1) is 18.4. The van der Waals surface area contributed by atoms with Crippen LogP contribution in [0, 0.1) is 6.57 Å². The molecule has 1 saturated heterocycles. The Morgan fingerprint density at radius 1 is 1.44 bits per heavy atom. The third kappa shape index (κ3) is 3.85. The number of hydrogen-bond donors (Lipinski definition) is 2. The number of aromatic nitrogens is 3. The van der Waals surface area contributed by atoms with E-state index in [9.17, 15) is 5.11 Å². The monoisotopic (exact) mass is 401 g/mol. The summed E-state index contributed by atoms with van der Waals surface area (Å²) in [6.07, 6.45) is 5.34. The summed E-state index contributed by atoms with van der Waals surface area (Å²) in [4.78, 5) is 12.3. The molecule has 2 aromatic heterocycles. The largest absolute Gasteiger partial charge is 0.392 e. The molecule has 3 heterocycles. The molecule has 140 valence electrons. The lowest BCUT2D eigenvalue weighted by Gasteiger charge is -2.29. The zero-order chi connectivity index (χ0) is 18.8. The Kier molecular flexibility index (Phi) is 5.41. The highest BCUT2D eigenvalue weighted by molar-refractivity contribution is 7.14. The Labute approximate surface area is 166 Å². The fourth-order valence-corrected chi connectivity index (χ4v) is 4.50. The number of rotatable bonds is 5. The van der Waals surface area contributed by atoms with Crippen LogP contribution in [0.4, 0.5) is 5.13 Å². The standard InChI is InChI=1S/C19H20ClN5OS/c1-21-19-24-16(10-27-19)13-8-12(20)9-15-18(13)25(11-23-15)7-3-4-14-17(26)5-2-6-22-14/h8-11,14,17,22,26H,2-7H2/t14-,17+/m1/s1. The molecule has 2 atom stereocenters. The summed E-state index contributed by atoms with van der Waals surface area (Å²) in [5.74, 6) is 0. The van der Waals surface area contributed by atoms with Crippen LogP contribution in [0.2, 0.25) is 5.02 Å². The van der Waals surface area contributed by atoms with Crippen LogP contribution in [0.25, 0.3) is 27.1 Å². The van der Waals surface area contributed by atoms with Gasteiger partial charge in [-0.3, -0.25) is 0 Å². The van der Waals surface area contributed by atoms with Crippen molar-refractivity contribution in [1.29, 1.82) is 0 Å². The lowest BCUT2D eigenvalue weighted by molar-refractivity contribution is 0.0909. The van der Waals surface area contributed by atoms with E-state index in [0.717, 1.165) is 61.1 Å². The van der Waals surface area contributed by atoms with E-state index in [0.29, 0.717) is 10.2 Å². The van der Waals surface area contributed by atoms with Crippen molar-refractivity contribution in [2.75, 3.05) is 6.54 Å². The number of imidazole rings is 1. The van der Waals surface area contributed by atoms with Gasteiger partial charge in [0.15, 0.2) is 5.69 Å². The van der Waals surface area contributed by atoms with Gasteiger partial charge < -0.3 is 19.8 Å². The molecule has 6 nitrogen and oxygen atoms in total. The van der Waals surface area contributed by atoms with Crippen molar-refractivity contribution in [3.05, 3.63) is 40.3 Å². The highest BCUT2D eigenvalue weighted by Crippen LogP contribution is 2.34. The van der Waals surface area contributed by atoms with Crippen molar-refractivity contribution in [3.63, 3.8) is 0 Å². The maximum Gasteiger partial charge on any atom is 0.329 e. The number of fused-ring (bicyclic) bond motifs is 1. The lowest BCUT2D eigenvalue weighted by atomic mass is 9.97. The van der Waals surface area contributed by atoms with E-state index in [1.165, 1.54) is 11.3 Å². The van der Waals surface area contributed by atoms with E-state index >= 15 is 0 Å². The molecule has 1 aromatic carbocycles. The second-order valence-electron chi connectivity index (χ2n) is 6.80. The van der Waals surface area contributed by atoms with Crippen LogP contribution in [0.5, 0.6) is 0 Å². The van der Waals surface area contributed by atoms with Gasteiger partial charge in [-0.1, -0.05) is 18.2 Å². The molecule has 8 heteroatoms. The first-order valence-electron chi connectivity index (χ1n) is 9.05. The summed E-state index contributed by atoms with van der Waals surface area (Å²) in [6.45, 7) is 8.92. The number of aliphatic hydroxyl groups excluding tert-OH is 1. The minimum atomic E-state index is -0.255. The predicted molar refractivity (Wildman–Crippen MR) is 108 cm³/mol. The number of aliphatic hydroxyl groups is 1. The highest BCUT2D eigenvalue weighted by atomic mass is 35.5. The van der Waals surface area contributed by atoms with Gasteiger partial charge in [0.1, 0.15) is 0 Å². The Morgan fingerprint density at radius 2 is 2.33 bits per heavy atom. The van der Waals surface area contributed by atoms with E-state index in [-0.39, 0.29) is 12.1 Å². The maximum atomic E-state index is 10.1. The van der Waals surface area contributed by atoms with Crippen molar-refractivity contribution < 1.29 is 5.11 Å². The number of thiazole rings is 1. The molecule has 0 spiro atoms. The molecule has 4 rings (SSSR count). The van der Waals surface area contributed by atoms with Gasteiger partial charge in [-0.2, -0.15) is 0 Å². The van der Waals surface area contributed by atoms with Crippen LogP contribution in [-0.4, -0.2) is 38.3 Å². The first-order valence-corrected chi connectivity index (χ1v) is 10.3. The number of halogens is 1. The molecule has 0 amide bonds. The van der Waals surface area contributed by atoms with E-state index in [1.54, 1.807) is 0 Å². The van der Waals surface area contributed by atoms with Crippen molar-refractivity contribution in [2.24, 2.45) is 0 Å². The highest BCUT2D eigenvalue weighted by Gasteiger charge is 2.22. The summed E-state index contributed by atoms with van der Waals surface area (Å²) in [5.41, 5.74) is 3.46. The van der Waals surface area contributed by atoms with Crippen molar-refractivity contribution in [1.82, 2.24) is 19.9 Å². The van der Waals surface area contributed by atoms with E-state index < -0.39 is 0 Å². The molecular formula is C19H20ClN5OS. The molecule has 0 bridgehead atoms. The van der Waals surface area contributed by atoms with Gasteiger partial charge in [-0.25, -0.2) is 4.98 Å². The van der Waals surface area contributed by atoms with Crippen LogP contribution in [-0.2, 0) is 6.54 Å². The van der Waals surface area contributed by atoms with Gasteiger partial charge in [0, 0.05) is 23.0 Å². The van der Waals surface area contributed by atoms with Crippen molar-refractivity contribution >= 4 is 39.1 Å². The second-order valence-corrected chi connectivity index (χ2v) is 8.07. The molecule has 1 fully saturated rings. The summed E-state index contributed by atoms with van der Waals surface area (Å²) >= 11 is 7.61. The van der Waals surface area contributed by atoms with Crippen LogP contribution in [0.3, 0.4) is 0 Å². The topological polar surface area (TPSA) is 67.3 Å². The maximum absolute atomic E-state index is 10.1. The molecule has 0 radical (unpaired) electrons. The molecule has 0 saturated carbocycles. The molecule has 0 unspecified atom stereocenters. The van der Waals surface area contributed by atoms with Gasteiger partial charge in [0.2, 0.25) is 0 Å². The fourth-order valence-electron chi connectivity index (χ4n) is 3.69. The smallest absolute Gasteiger partial charge is 0.329 e. The SMILES string of the molecule is [C-]#[N+]c1nc(-c2cc(Cl)cc3ncn(CCC[C@H]4NCCC[C@@H]4O)c23)cs1. The van der Waals surface area contributed by atoms with E-state index in [1.807, 2.05) is 23.8 Å². The van der Waals surface area contributed by atoms with E-state index in [2.05, 4.69) is 24.7 Å². The zero-order valence-electron chi connectivity index (χ0n) is 14.7. The second kappa shape index (κ2) is 7.95. The number of hydrogen-bond acceptors (Lipinski definition) is 5. The number of benzene rings is 1. The predicted octanol–water partition coefficient (Wildman–Crippen LogP) is 4.26. The normalized spacial score (nSPS) is 20.0. The van der Waals surface area contributed by atoms with Crippen LogP contribution < -0.4 is 5.32 Å². The fraction of sp³-hybridized carbons (Fsp3) is 0.421. The number of nitrogens with one attached hydrogen (secondary N) is 1. The third-order valence-electron chi connectivity index (χ3n) is 5.00. The minimum absolute atomic E-state index is 0.169. The van der Waals surface area contributed by atoms with Gasteiger partial charge >= 0.3 is 5.13 Å². The number of aryl methyl sites for hydroxylation is 1. The first-order chi connectivity index (χ1) is 13.2. The number of nitrogens with zero attached hydrogens (tertiary/aromatic N) is 4. The molecule has 1 aliphatic rings. The quantitative estimate of drug-likeness (QED) is 0.627. The minimum Gasteiger partial charge on any atom is -0.392 e. The van der Waals surface area contributed by atoms with Gasteiger partial charge in [0.05, 0.1) is 29.0 Å². The lowest BCUT2D eigenvalue weighted by Crippen LogP contribution is -2.44. The van der Waals surface area contributed by atoms with Gasteiger partial charge in [-0.15, -0.1) is 16.3 Å². The summed E-state index contributed by atoms with van der Waals surface area (Å²) in [5, 5.41) is 16.4.